The number of hydrogen-bond donors (Lipinski definition) is 3. The van der Waals surface area contributed by atoms with Crippen LogP contribution in [-0.2, 0) is 26.8 Å². The first-order valence-electron chi connectivity index (χ1n) is 14.4. The van der Waals surface area contributed by atoms with Crippen molar-refractivity contribution in [3.8, 4) is 0 Å². The monoisotopic (exact) mass is 642 g/mol. The number of rotatable bonds is 9. The second-order valence-corrected chi connectivity index (χ2v) is 13.5. The zero-order chi connectivity index (χ0) is 32.2. The SMILES string of the molecule is CCN(Cc1cccc(S(=O)(=O)O)c1)c1ccc(C(c2ccccc2)=c2ccc(=C3CC=C(CN)C=C3S(=O)(=O)O)cc2)cc1. The van der Waals surface area contributed by atoms with Crippen molar-refractivity contribution in [2.75, 3.05) is 18.0 Å². The molecule has 8 nitrogen and oxygen atoms in total. The van der Waals surface area contributed by atoms with E-state index in [-0.39, 0.29) is 16.3 Å². The molecule has 0 spiro atoms. The molecule has 0 aromatic heterocycles. The molecule has 0 atom stereocenters. The summed E-state index contributed by atoms with van der Waals surface area (Å²) in [7, 11) is -8.73. The summed E-state index contributed by atoms with van der Waals surface area (Å²) in [6, 6.07) is 32.0. The number of hydrogen-bond acceptors (Lipinski definition) is 6. The Morgan fingerprint density at radius 2 is 1.47 bits per heavy atom. The molecule has 0 heterocycles. The van der Waals surface area contributed by atoms with Crippen molar-refractivity contribution >= 4 is 37.1 Å². The van der Waals surface area contributed by atoms with Gasteiger partial charge in [-0.25, -0.2) is 0 Å². The van der Waals surface area contributed by atoms with E-state index < -0.39 is 20.2 Å². The summed E-state index contributed by atoms with van der Waals surface area (Å²) in [6.45, 7) is 3.32. The molecule has 232 valence electrons. The first-order chi connectivity index (χ1) is 21.5. The van der Waals surface area contributed by atoms with Gasteiger partial charge in [0.25, 0.3) is 20.2 Å². The Hall–Kier alpha value is -4.32. The summed E-state index contributed by atoms with van der Waals surface area (Å²) in [6.07, 6.45) is 3.63. The van der Waals surface area contributed by atoms with Crippen LogP contribution in [0.3, 0.4) is 0 Å². The van der Waals surface area contributed by atoms with Crippen molar-refractivity contribution in [3.63, 3.8) is 0 Å². The molecule has 10 heteroatoms. The number of nitrogens with zero attached hydrogens (tertiary/aromatic N) is 1. The molecule has 45 heavy (non-hydrogen) atoms. The van der Waals surface area contributed by atoms with Crippen molar-refractivity contribution in [2.24, 2.45) is 5.73 Å². The van der Waals surface area contributed by atoms with Gasteiger partial charge in [0.1, 0.15) is 0 Å². The Morgan fingerprint density at radius 3 is 2.07 bits per heavy atom. The predicted molar refractivity (Wildman–Crippen MR) is 178 cm³/mol. The Labute approximate surface area is 263 Å². The third kappa shape index (κ3) is 7.50. The van der Waals surface area contributed by atoms with Crippen LogP contribution < -0.4 is 21.1 Å². The van der Waals surface area contributed by atoms with Crippen molar-refractivity contribution in [1.82, 2.24) is 0 Å². The topological polar surface area (TPSA) is 138 Å². The largest absolute Gasteiger partial charge is 0.367 e. The van der Waals surface area contributed by atoms with Gasteiger partial charge in [0, 0.05) is 25.3 Å². The van der Waals surface area contributed by atoms with Gasteiger partial charge in [0.2, 0.25) is 0 Å². The maximum absolute atomic E-state index is 12.2. The Morgan fingerprint density at radius 1 is 0.800 bits per heavy atom. The zero-order valence-corrected chi connectivity index (χ0v) is 26.3. The van der Waals surface area contributed by atoms with Gasteiger partial charge in [-0.15, -0.1) is 0 Å². The molecule has 4 aromatic carbocycles. The van der Waals surface area contributed by atoms with Crippen LogP contribution in [0.5, 0.6) is 0 Å². The highest BCUT2D eigenvalue weighted by Gasteiger charge is 2.22. The molecule has 0 aliphatic heterocycles. The normalized spacial score (nSPS) is 13.6. The number of benzene rings is 4. The fourth-order valence-corrected chi connectivity index (χ4v) is 6.84. The molecule has 0 fully saturated rings. The van der Waals surface area contributed by atoms with Gasteiger partial charge < -0.3 is 10.6 Å². The Bertz CT molecular complexity index is 2100. The van der Waals surface area contributed by atoms with Gasteiger partial charge in [-0.3, -0.25) is 9.11 Å². The molecule has 4 N–H and O–H groups in total. The molecule has 4 aromatic rings. The van der Waals surface area contributed by atoms with Gasteiger partial charge in [0.05, 0.1) is 9.80 Å². The van der Waals surface area contributed by atoms with Gasteiger partial charge in [-0.05, 0) is 87.5 Å². The fourth-order valence-electron chi connectivity index (χ4n) is 5.47. The van der Waals surface area contributed by atoms with Crippen LogP contribution in [0.2, 0.25) is 0 Å². The minimum Gasteiger partial charge on any atom is -0.367 e. The molecule has 0 radical (unpaired) electrons. The van der Waals surface area contributed by atoms with Crippen molar-refractivity contribution in [3.05, 3.63) is 153 Å². The summed E-state index contributed by atoms with van der Waals surface area (Å²) in [4.78, 5) is 1.84. The van der Waals surface area contributed by atoms with Crippen LogP contribution in [0.1, 0.15) is 30.0 Å². The van der Waals surface area contributed by atoms with Gasteiger partial charge >= 0.3 is 0 Å². The standard InChI is InChI=1S/C35H34N2O6S2/c1-2-37(24-26-7-6-10-32(21-26)44(38,39)40)31-18-16-30(17-19-31)35(28-8-4-3-5-9-28)29-14-12-27(13-15-29)33-20-11-25(23-36)22-34(33)45(41,42)43/h3-19,21-22H,2,20,23-24,36H2,1H3,(H,38,39,40)(H,41,42,43). The van der Waals surface area contributed by atoms with Crippen molar-refractivity contribution in [2.45, 2.75) is 24.8 Å². The van der Waals surface area contributed by atoms with E-state index in [1.807, 2.05) is 97.9 Å². The average Bonchev–Trinajstić information content (AvgIpc) is 3.04. The molecule has 5 rings (SSSR count). The number of anilines is 1. The molecular weight excluding hydrogens is 609 g/mol. The van der Waals surface area contributed by atoms with Crippen LogP contribution in [0.4, 0.5) is 5.69 Å². The molecular formula is C35H34N2O6S2. The molecule has 0 amide bonds. The summed E-state index contributed by atoms with van der Waals surface area (Å²) in [5.41, 5.74) is 11.5. The minimum absolute atomic E-state index is 0.133. The number of allylic oxidation sites excluding steroid dienone is 2. The lowest BCUT2D eigenvalue weighted by Crippen LogP contribution is -2.22. The van der Waals surface area contributed by atoms with Gasteiger partial charge in [0.15, 0.2) is 0 Å². The van der Waals surface area contributed by atoms with E-state index in [1.165, 1.54) is 18.2 Å². The van der Waals surface area contributed by atoms with Crippen LogP contribution in [0.25, 0.3) is 11.1 Å². The first kappa shape index (κ1) is 32.1. The van der Waals surface area contributed by atoms with E-state index in [0.717, 1.165) is 33.2 Å². The summed E-state index contributed by atoms with van der Waals surface area (Å²) in [5.74, 6) is 0. The molecule has 1 aliphatic rings. The van der Waals surface area contributed by atoms with Crippen LogP contribution in [-0.4, -0.2) is 39.0 Å². The lowest BCUT2D eigenvalue weighted by Gasteiger charge is -2.24. The van der Waals surface area contributed by atoms with E-state index >= 15 is 0 Å². The maximum Gasteiger partial charge on any atom is 0.294 e. The molecule has 0 unspecified atom stereocenters. The maximum atomic E-state index is 12.2. The lowest BCUT2D eigenvalue weighted by atomic mass is 9.94. The predicted octanol–water partition coefficient (Wildman–Crippen LogP) is 4.42. The summed E-state index contributed by atoms with van der Waals surface area (Å²) >= 11 is 0. The highest BCUT2D eigenvalue weighted by Crippen LogP contribution is 2.28. The summed E-state index contributed by atoms with van der Waals surface area (Å²) in [5, 5.41) is 1.62. The highest BCUT2D eigenvalue weighted by molar-refractivity contribution is 7.90. The smallest absolute Gasteiger partial charge is 0.294 e. The molecule has 0 bridgehead atoms. The molecule has 0 saturated carbocycles. The second kappa shape index (κ2) is 13.4. The van der Waals surface area contributed by atoms with Gasteiger partial charge in [-0.1, -0.05) is 84.9 Å². The Kier molecular flexibility index (Phi) is 9.52. The fraction of sp³-hybridized carbons (Fsp3) is 0.143. The van der Waals surface area contributed by atoms with Gasteiger partial charge in [-0.2, -0.15) is 16.8 Å². The molecule has 0 saturated heterocycles. The van der Waals surface area contributed by atoms with E-state index in [9.17, 15) is 25.9 Å². The second-order valence-electron chi connectivity index (χ2n) is 10.7. The van der Waals surface area contributed by atoms with Crippen molar-refractivity contribution in [1.29, 1.82) is 0 Å². The van der Waals surface area contributed by atoms with E-state index in [0.29, 0.717) is 35.9 Å². The van der Waals surface area contributed by atoms with E-state index in [1.54, 1.807) is 6.07 Å². The third-order valence-corrected chi connectivity index (χ3v) is 9.52. The molecule has 1 aliphatic carbocycles. The van der Waals surface area contributed by atoms with E-state index in [4.69, 9.17) is 5.73 Å². The lowest BCUT2D eigenvalue weighted by molar-refractivity contribution is 0.482. The Balaban J connectivity index is 1.54. The first-order valence-corrected chi connectivity index (χ1v) is 17.3. The van der Waals surface area contributed by atoms with E-state index in [2.05, 4.69) is 4.90 Å². The highest BCUT2D eigenvalue weighted by atomic mass is 32.2. The minimum atomic E-state index is -4.44. The summed E-state index contributed by atoms with van der Waals surface area (Å²) < 4.78 is 67.0. The average molecular weight is 643 g/mol. The quantitative estimate of drug-likeness (QED) is 0.228. The van der Waals surface area contributed by atoms with Crippen LogP contribution in [0.15, 0.2) is 131 Å². The van der Waals surface area contributed by atoms with Crippen LogP contribution in [0, 0.1) is 0 Å². The third-order valence-electron chi connectivity index (χ3n) is 7.75. The van der Waals surface area contributed by atoms with Crippen molar-refractivity contribution < 1.29 is 25.9 Å². The number of nitrogens with two attached hydrogens (primary N) is 1. The zero-order valence-electron chi connectivity index (χ0n) is 24.7. The van der Waals surface area contributed by atoms with Crippen LogP contribution >= 0.6 is 0 Å².